The number of aromatic amines is 2. The van der Waals surface area contributed by atoms with Gasteiger partial charge in [-0.15, -0.1) is 0 Å². The number of hydrogen-bond acceptors (Lipinski definition) is 9. The molecule has 5 aromatic heterocycles. The summed E-state index contributed by atoms with van der Waals surface area (Å²) in [5, 5.41) is 9.83. The van der Waals surface area contributed by atoms with Gasteiger partial charge in [-0.3, -0.25) is 15.1 Å². The zero-order valence-electron chi connectivity index (χ0n) is 20.0. The van der Waals surface area contributed by atoms with E-state index in [2.05, 4.69) is 53.0 Å². The summed E-state index contributed by atoms with van der Waals surface area (Å²) in [6.07, 6.45) is 7.19. The Balaban J connectivity index is 1.26. The summed E-state index contributed by atoms with van der Waals surface area (Å²) in [4.78, 5) is 28.9. The van der Waals surface area contributed by atoms with Crippen LogP contribution in [0.15, 0.2) is 43.0 Å². The lowest BCUT2D eigenvalue weighted by Crippen LogP contribution is -2.56. The van der Waals surface area contributed by atoms with Crippen LogP contribution < -0.4 is 15.5 Å². The number of anilines is 2. The first-order chi connectivity index (χ1) is 17.6. The molecule has 11 nitrogen and oxygen atoms in total. The lowest BCUT2D eigenvalue weighted by Gasteiger charge is -2.37. The van der Waals surface area contributed by atoms with E-state index < -0.39 is 0 Å². The summed E-state index contributed by atoms with van der Waals surface area (Å²) in [7, 11) is 2.16. The van der Waals surface area contributed by atoms with Gasteiger partial charge in [0, 0.05) is 62.3 Å². The molecule has 0 aliphatic carbocycles. The summed E-state index contributed by atoms with van der Waals surface area (Å²) in [5.41, 5.74) is 11.1. The number of rotatable bonds is 4. The van der Waals surface area contributed by atoms with E-state index in [1.165, 1.54) is 0 Å². The Labute approximate surface area is 207 Å². The lowest BCUT2D eigenvalue weighted by atomic mass is 10.1. The highest BCUT2D eigenvalue weighted by atomic mass is 15.3. The SMILES string of the molecule is CN1CCN(c2nccc3[nH]c(-c4n[nH]c5cnc(-c6cncc(N7CC(N)C7)n6)cc45)cc23)CC1. The monoisotopic (exact) mass is 481 g/mol. The van der Waals surface area contributed by atoms with Crippen molar-refractivity contribution in [3.8, 4) is 22.8 Å². The topological polar surface area (TPSA) is 132 Å². The minimum absolute atomic E-state index is 0.196. The van der Waals surface area contributed by atoms with Crippen molar-refractivity contribution in [2.24, 2.45) is 5.73 Å². The second kappa shape index (κ2) is 8.25. The van der Waals surface area contributed by atoms with E-state index in [0.717, 1.165) is 95.5 Å². The number of likely N-dealkylation sites (N-methyl/N-ethyl adjacent to an activating group) is 1. The van der Waals surface area contributed by atoms with E-state index in [1.54, 1.807) is 18.6 Å². The van der Waals surface area contributed by atoms with Crippen molar-refractivity contribution >= 4 is 33.4 Å². The molecular weight excluding hydrogens is 454 g/mol. The van der Waals surface area contributed by atoms with Crippen molar-refractivity contribution in [3.05, 3.63) is 43.0 Å². The first kappa shape index (κ1) is 21.2. The van der Waals surface area contributed by atoms with Gasteiger partial charge in [-0.2, -0.15) is 5.10 Å². The van der Waals surface area contributed by atoms with Gasteiger partial charge in [-0.25, -0.2) is 9.97 Å². The van der Waals surface area contributed by atoms with Gasteiger partial charge in [0.05, 0.1) is 41.0 Å². The Morgan fingerprint density at radius 2 is 1.78 bits per heavy atom. The highest BCUT2D eigenvalue weighted by Crippen LogP contribution is 2.33. The van der Waals surface area contributed by atoms with Crippen LogP contribution in [0.4, 0.5) is 11.6 Å². The predicted molar refractivity (Wildman–Crippen MR) is 140 cm³/mol. The number of H-pyrrole nitrogens is 2. The Morgan fingerprint density at radius 1 is 0.917 bits per heavy atom. The molecule has 7 heterocycles. The largest absolute Gasteiger partial charge is 0.353 e. The predicted octanol–water partition coefficient (Wildman–Crippen LogP) is 1.86. The summed E-state index contributed by atoms with van der Waals surface area (Å²) in [6.45, 7) is 5.58. The molecule has 7 rings (SSSR count). The number of nitrogens with two attached hydrogens (primary N) is 1. The fourth-order valence-corrected chi connectivity index (χ4v) is 5.03. The first-order valence-electron chi connectivity index (χ1n) is 12.2. The average molecular weight is 482 g/mol. The van der Waals surface area contributed by atoms with E-state index in [-0.39, 0.29) is 6.04 Å². The molecule has 0 bridgehead atoms. The van der Waals surface area contributed by atoms with Gasteiger partial charge < -0.3 is 25.4 Å². The number of pyridine rings is 2. The molecule has 0 spiro atoms. The van der Waals surface area contributed by atoms with Gasteiger partial charge in [-0.1, -0.05) is 0 Å². The molecule has 0 saturated carbocycles. The molecule has 36 heavy (non-hydrogen) atoms. The standard InChI is InChI=1S/C25H27N11/c1-34-4-6-35(7-5-34)25-17-9-20(30-18(17)2-3-28-25)24-16-8-19(29-11-21(16)32-33-24)22-10-27-12-23(31-22)36-13-15(26)14-36/h2-3,8-12,15,30H,4-7,13-14,26H2,1H3,(H,32,33). The molecule has 2 saturated heterocycles. The maximum Gasteiger partial charge on any atom is 0.147 e. The Hall–Kier alpha value is -4.09. The normalized spacial score (nSPS) is 17.3. The molecule has 0 atom stereocenters. The zero-order valence-corrected chi connectivity index (χ0v) is 20.0. The van der Waals surface area contributed by atoms with Crippen LogP contribution in [0.5, 0.6) is 0 Å². The third-order valence-corrected chi connectivity index (χ3v) is 7.15. The van der Waals surface area contributed by atoms with Gasteiger partial charge in [0.25, 0.3) is 0 Å². The smallest absolute Gasteiger partial charge is 0.147 e. The number of hydrogen-bond donors (Lipinski definition) is 3. The number of nitrogens with zero attached hydrogens (tertiary/aromatic N) is 8. The van der Waals surface area contributed by atoms with Crippen molar-refractivity contribution in [2.75, 3.05) is 56.1 Å². The molecular formula is C25H27N11. The van der Waals surface area contributed by atoms with E-state index in [1.807, 2.05) is 18.3 Å². The molecule has 2 aliphatic heterocycles. The molecule has 11 heteroatoms. The van der Waals surface area contributed by atoms with E-state index >= 15 is 0 Å². The summed E-state index contributed by atoms with van der Waals surface area (Å²) in [5.74, 6) is 1.84. The maximum absolute atomic E-state index is 5.94. The van der Waals surface area contributed by atoms with Crippen LogP contribution in [0, 0.1) is 0 Å². The minimum atomic E-state index is 0.196. The Bertz CT molecular complexity index is 1560. The lowest BCUT2D eigenvalue weighted by molar-refractivity contribution is 0.312. The van der Waals surface area contributed by atoms with Crippen molar-refractivity contribution in [1.82, 2.24) is 40.0 Å². The molecule has 2 fully saturated rings. The van der Waals surface area contributed by atoms with Crippen LogP contribution >= 0.6 is 0 Å². The van der Waals surface area contributed by atoms with Gasteiger partial charge in [0.15, 0.2) is 0 Å². The molecule has 182 valence electrons. The van der Waals surface area contributed by atoms with Gasteiger partial charge in [-0.05, 0) is 25.2 Å². The van der Waals surface area contributed by atoms with Crippen LogP contribution in [-0.2, 0) is 0 Å². The molecule has 0 amide bonds. The van der Waals surface area contributed by atoms with Crippen LogP contribution in [0.3, 0.4) is 0 Å². The quantitative estimate of drug-likeness (QED) is 0.352. The third-order valence-electron chi connectivity index (χ3n) is 7.15. The van der Waals surface area contributed by atoms with Crippen LogP contribution in [0.2, 0.25) is 0 Å². The molecule has 4 N–H and O–H groups in total. The number of fused-ring (bicyclic) bond motifs is 2. The summed E-state index contributed by atoms with van der Waals surface area (Å²) >= 11 is 0. The van der Waals surface area contributed by atoms with Crippen molar-refractivity contribution in [3.63, 3.8) is 0 Å². The Morgan fingerprint density at radius 3 is 2.61 bits per heavy atom. The maximum atomic E-state index is 5.94. The fraction of sp³-hybridized carbons (Fsp3) is 0.320. The Kier molecular flexibility index (Phi) is 4.86. The summed E-state index contributed by atoms with van der Waals surface area (Å²) < 4.78 is 0. The number of nitrogens with one attached hydrogen (secondary N) is 2. The number of piperazine rings is 1. The average Bonchev–Trinajstić information content (AvgIpc) is 3.51. The van der Waals surface area contributed by atoms with E-state index in [4.69, 9.17) is 15.7 Å². The first-order valence-corrected chi connectivity index (χ1v) is 12.2. The highest BCUT2D eigenvalue weighted by molar-refractivity contribution is 5.99. The van der Waals surface area contributed by atoms with E-state index in [9.17, 15) is 0 Å². The van der Waals surface area contributed by atoms with Crippen LogP contribution in [0.25, 0.3) is 44.6 Å². The van der Waals surface area contributed by atoms with Crippen LogP contribution in [0.1, 0.15) is 0 Å². The zero-order chi connectivity index (χ0) is 24.2. The van der Waals surface area contributed by atoms with Gasteiger partial charge >= 0.3 is 0 Å². The van der Waals surface area contributed by atoms with Crippen LogP contribution in [-0.4, -0.2) is 92.4 Å². The molecule has 0 radical (unpaired) electrons. The second-order valence-electron chi connectivity index (χ2n) is 9.68. The second-order valence-corrected chi connectivity index (χ2v) is 9.68. The number of aromatic nitrogens is 7. The molecule has 5 aromatic rings. The fourth-order valence-electron chi connectivity index (χ4n) is 5.03. The van der Waals surface area contributed by atoms with Crippen molar-refractivity contribution in [1.29, 1.82) is 0 Å². The molecule has 2 aliphatic rings. The molecule has 0 unspecified atom stereocenters. The minimum Gasteiger partial charge on any atom is -0.353 e. The van der Waals surface area contributed by atoms with Crippen molar-refractivity contribution < 1.29 is 0 Å². The van der Waals surface area contributed by atoms with Gasteiger partial charge in [0.2, 0.25) is 0 Å². The van der Waals surface area contributed by atoms with E-state index in [0.29, 0.717) is 0 Å². The van der Waals surface area contributed by atoms with Crippen molar-refractivity contribution in [2.45, 2.75) is 6.04 Å². The summed E-state index contributed by atoms with van der Waals surface area (Å²) in [6, 6.07) is 6.39. The van der Waals surface area contributed by atoms with Gasteiger partial charge in [0.1, 0.15) is 23.0 Å². The third kappa shape index (κ3) is 3.55. The highest BCUT2D eigenvalue weighted by Gasteiger charge is 2.25. The molecule has 0 aromatic carbocycles.